The van der Waals surface area contributed by atoms with Crippen LogP contribution < -0.4 is 10.1 Å². The van der Waals surface area contributed by atoms with Gasteiger partial charge in [0.1, 0.15) is 11.3 Å². The molecular formula is C23H19BrF3N3O3S. The average Bonchev–Trinajstić information content (AvgIpc) is 3.59. The van der Waals surface area contributed by atoms with Crippen molar-refractivity contribution in [2.45, 2.75) is 29.8 Å². The number of carbonyl (C=O) groups excluding carboxylic acids is 1. The lowest BCUT2D eigenvalue weighted by molar-refractivity contribution is -0.137. The third-order valence-electron chi connectivity index (χ3n) is 5.16. The second-order valence-electron chi connectivity index (χ2n) is 7.96. The summed E-state index contributed by atoms with van der Waals surface area (Å²) in [6.45, 7) is 0. The van der Waals surface area contributed by atoms with Crippen LogP contribution in [0.5, 0.6) is 11.6 Å². The van der Waals surface area contributed by atoms with Crippen LogP contribution in [0.25, 0.3) is 0 Å². The maximum absolute atomic E-state index is 13.4. The number of anilines is 1. The van der Waals surface area contributed by atoms with Gasteiger partial charge in [0.05, 0.1) is 15.3 Å². The summed E-state index contributed by atoms with van der Waals surface area (Å²) in [5.41, 5.74) is -0.453. The summed E-state index contributed by atoms with van der Waals surface area (Å²) < 4.78 is 66.5. The normalized spacial score (nSPS) is 15.4. The predicted octanol–water partition coefficient (Wildman–Crippen LogP) is 6.82. The van der Waals surface area contributed by atoms with Gasteiger partial charge in [0, 0.05) is 27.5 Å². The first-order chi connectivity index (χ1) is 15.9. The molecule has 178 valence electrons. The molecule has 1 aliphatic carbocycles. The molecule has 0 bridgehead atoms. The molecule has 2 N–H and O–H groups in total. The van der Waals surface area contributed by atoms with E-state index in [2.05, 4.69) is 26.2 Å². The van der Waals surface area contributed by atoms with Crippen molar-refractivity contribution >= 4 is 37.3 Å². The molecule has 1 heterocycles. The van der Waals surface area contributed by atoms with Gasteiger partial charge >= 0.3 is 6.18 Å². The number of hydrogen-bond acceptors (Lipinski definition) is 5. The Kier molecular flexibility index (Phi) is 6.43. The molecule has 1 saturated carbocycles. The zero-order chi connectivity index (χ0) is 24.7. The SMILES string of the molecule is CS(=N)(=O)c1cccc(NC(=O)c2cc(C(F)(F)F)cnc2Oc2ccc(Br)cc2C2CC2)c1. The van der Waals surface area contributed by atoms with Gasteiger partial charge in [-0.05, 0) is 66.8 Å². The molecule has 6 nitrogen and oxygen atoms in total. The van der Waals surface area contributed by atoms with E-state index in [1.54, 1.807) is 12.1 Å². The monoisotopic (exact) mass is 553 g/mol. The van der Waals surface area contributed by atoms with Crippen LogP contribution in [0, 0.1) is 4.78 Å². The van der Waals surface area contributed by atoms with Crippen molar-refractivity contribution in [1.82, 2.24) is 4.98 Å². The Hall–Kier alpha value is -2.92. The Morgan fingerprint density at radius 3 is 2.59 bits per heavy atom. The van der Waals surface area contributed by atoms with Crippen LogP contribution in [-0.2, 0) is 15.9 Å². The van der Waals surface area contributed by atoms with Gasteiger partial charge < -0.3 is 10.1 Å². The highest BCUT2D eigenvalue weighted by Crippen LogP contribution is 2.46. The third-order valence-corrected chi connectivity index (χ3v) is 6.81. The maximum Gasteiger partial charge on any atom is 0.417 e. The minimum atomic E-state index is -4.71. The van der Waals surface area contributed by atoms with Crippen LogP contribution in [0.1, 0.15) is 40.2 Å². The molecule has 0 spiro atoms. The van der Waals surface area contributed by atoms with Gasteiger partial charge in [-0.1, -0.05) is 22.0 Å². The lowest BCUT2D eigenvalue weighted by Crippen LogP contribution is -2.16. The van der Waals surface area contributed by atoms with Crippen LogP contribution in [-0.4, -0.2) is 21.4 Å². The number of alkyl halides is 3. The third kappa shape index (κ3) is 5.58. The van der Waals surface area contributed by atoms with Crippen molar-refractivity contribution in [3.63, 3.8) is 0 Å². The standard InChI is InChI=1S/C23H19BrF3N3O3S/c1-34(28,32)17-4-2-3-16(11-17)30-21(31)19-9-14(23(25,26)27)12-29-22(19)33-20-8-7-15(24)10-18(20)13-5-6-13/h2-4,7-13,28H,5-6H2,1H3,(H,30,31). The van der Waals surface area contributed by atoms with Crippen molar-refractivity contribution < 1.29 is 26.9 Å². The smallest absolute Gasteiger partial charge is 0.417 e. The number of benzene rings is 2. The van der Waals surface area contributed by atoms with Crippen molar-refractivity contribution in [2.75, 3.05) is 11.6 Å². The molecule has 3 aromatic rings. The van der Waals surface area contributed by atoms with Gasteiger partial charge in [-0.2, -0.15) is 13.2 Å². The lowest BCUT2D eigenvalue weighted by Gasteiger charge is -2.16. The highest BCUT2D eigenvalue weighted by molar-refractivity contribution is 9.10. The first kappa shape index (κ1) is 24.2. The number of aromatic nitrogens is 1. The zero-order valence-corrected chi connectivity index (χ0v) is 20.2. The number of nitrogens with zero attached hydrogens (tertiary/aromatic N) is 1. The van der Waals surface area contributed by atoms with Gasteiger partial charge in [0.15, 0.2) is 0 Å². The summed E-state index contributed by atoms with van der Waals surface area (Å²) in [6.07, 6.45) is -0.932. The van der Waals surface area contributed by atoms with Gasteiger partial charge in [0.2, 0.25) is 5.88 Å². The molecule has 1 unspecified atom stereocenters. The fourth-order valence-electron chi connectivity index (χ4n) is 3.30. The molecule has 1 aromatic heterocycles. The fourth-order valence-corrected chi connectivity index (χ4v) is 4.36. The Morgan fingerprint density at radius 1 is 1.21 bits per heavy atom. The molecule has 0 aliphatic heterocycles. The molecule has 4 rings (SSSR count). The van der Waals surface area contributed by atoms with Gasteiger partial charge in [-0.3, -0.25) is 4.79 Å². The summed E-state index contributed by atoms with van der Waals surface area (Å²) in [6, 6.07) is 11.8. The maximum atomic E-state index is 13.4. The summed E-state index contributed by atoms with van der Waals surface area (Å²) in [5.74, 6) is -0.473. The molecular weight excluding hydrogens is 535 g/mol. The molecule has 2 aromatic carbocycles. The molecule has 1 atom stereocenters. The minimum absolute atomic E-state index is 0.174. The average molecular weight is 554 g/mol. The minimum Gasteiger partial charge on any atom is -0.438 e. The second-order valence-corrected chi connectivity index (χ2v) is 11.0. The number of carbonyl (C=O) groups is 1. The lowest BCUT2D eigenvalue weighted by atomic mass is 10.1. The molecule has 11 heteroatoms. The van der Waals surface area contributed by atoms with E-state index < -0.39 is 32.9 Å². The van der Waals surface area contributed by atoms with E-state index >= 15 is 0 Å². The van der Waals surface area contributed by atoms with Crippen molar-refractivity contribution in [1.29, 1.82) is 4.78 Å². The molecule has 34 heavy (non-hydrogen) atoms. The number of amides is 1. The van der Waals surface area contributed by atoms with Crippen LogP contribution in [0.4, 0.5) is 18.9 Å². The number of pyridine rings is 1. The fraction of sp³-hybridized carbons (Fsp3) is 0.217. The van der Waals surface area contributed by atoms with Gasteiger partial charge in [0.25, 0.3) is 5.91 Å². The second kappa shape index (κ2) is 9.03. The zero-order valence-electron chi connectivity index (χ0n) is 17.8. The molecule has 1 aliphatic rings. The van der Waals surface area contributed by atoms with Crippen molar-refractivity contribution in [2.24, 2.45) is 0 Å². The van der Waals surface area contributed by atoms with Crippen LogP contribution in [0.3, 0.4) is 0 Å². The summed E-state index contributed by atoms with van der Waals surface area (Å²) in [4.78, 5) is 17.0. The molecule has 1 amide bonds. The Labute approximate surface area is 202 Å². The van der Waals surface area contributed by atoms with Crippen LogP contribution >= 0.6 is 15.9 Å². The van der Waals surface area contributed by atoms with E-state index in [9.17, 15) is 22.2 Å². The Balaban J connectivity index is 1.71. The predicted molar refractivity (Wildman–Crippen MR) is 125 cm³/mol. The highest BCUT2D eigenvalue weighted by Gasteiger charge is 2.33. The van der Waals surface area contributed by atoms with Gasteiger partial charge in [-0.25, -0.2) is 14.0 Å². The summed E-state index contributed by atoms with van der Waals surface area (Å²) in [7, 11) is -3.05. The van der Waals surface area contributed by atoms with E-state index in [4.69, 9.17) is 9.52 Å². The van der Waals surface area contributed by atoms with Crippen molar-refractivity contribution in [3.05, 3.63) is 75.9 Å². The van der Waals surface area contributed by atoms with E-state index in [1.165, 1.54) is 30.5 Å². The van der Waals surface area contributed by atoms with Crippen LogP contribution in [0.15, 0.2) is 64.1 Å². The summed E-state index contributed by atoms with van der Waals surface area (Å²) >= 11 is 3.41. The molecule has 0 radical (unpaired) electrons. The van der Waals surface area contributed by atoms with E-state index in [1.807, 2.05) is 6.07 Å². The number of halogens is 4. The Morgan fingerprint density at radius 2 is 1.94 bits per heavy atom. The first-order valence-electron chi connectivity index (χ1n) is 10.1. The quantitative estimate of drug-likeness (QED) is 0.350. The number of hydrogen-bond donors (Lipinski definition) is 2. The first-order valence-corrected chi connectivity index (χ1v) is 12.9. The van der Waals surface area contributed by atoms with Gasteiger partial charge in [-0.15, -0.1) is 0 Å². The summed E-state index contributed by atoms with van der Waals surface area (Å²) in [5, 5.41) is 2.49. The molecule has 1 fully saturated rings. The topological polar surface area (TPSA) is 92.1 Å². The highest BCUT2D eigenvalue weighted by atomic mass is 79.9. The van der Waals surface area contributed by atoms with E-state index in [-0.39, 0.29) is 22.4 Å². The largest absolute Gasteiger partial charge is 0.438 e. The number of rotatable bonds is 6. The number of ether oxygens (including phenoxy) is 1. The van der Waals surface area contributed by atoms with E-state index in [0.717, 1.165) is 22.9 Å². The molecule has 0 saturated heterocycles. The van der Waals surface area contributed by atoms with Crippen LogP contribution in [0.2, 0.25) is 0 Å². The van der Waals surface area contributed by atoms with E-state index in [0.29, 0.717) is 18.0 Å². The Bertz CT molecular complexity index is 1370. The van der Waals surface area contributed by atoms with Crippen molar-refractivity contribution in [3.8, 4) is 11.6 Å². The number of nitrogens with one attached hydrogen (secondary N) is 2.